The number of nitrogens with zero attached hydrogens (tertiary/aromatic N) is 1. The van der Waals surface area contributed by atoms with Gasteiger partial charge in [-0.3, -0.25) is 9.59 Å². The molecule has 2 amide bonds. The molecule has 6 rings (SSSR count). The molecule has 2 aromatic heterocycles. The van der Waals surface area contributed by atoms with Crippen molar-refractivity contribution >= 4 is 44.5 Å². The Hall–Kier alpha value is -2.89. The first-order valence-corrected chi connectivity index (χ1v) is 14.2. The number of halogens is 1. The number of oxazole rings is 1. The Morgan fingerprint density at radius 3 is 2.65 bits per heavy atom. The number of nitrogens with one attached hydrogen (secondary N) is 2. The normalized spacial score (nSPS) is 27.4. The zero-order valence-corrected chi connectivity index (χ0v) is 21.4. The number of ether oxygens (including phenoxy) is 1. The smallest absolute Gasteiger partial charge is 0.297 e. The second kappa shape index (κ2) is 9.14. The highest BCUT2D eigenvalue weighted by Gasteiger charge is 2.54. The minimum atomic E-state index is -4.22. The first-order valence-electron chi connectivity index (χ1n) is 12.3. The lowest BCUT2D eigenvalue weighted by atomic mass is 9.50. The molecule has 1 aliphatic heterocycles. The number of aromatic nitrogens is 1. The van der Waals surface area contributed by atoms with Gasteiger partial charge in [0, 0.05) is 23.6 Å². The molecule has 0 bridgehead atoms. The van der Waals surface area contributed by atoms with Crippen LogP contribution in [0.25, 0.3) is 11.1 Å². The van der Waals surface area contributed by atoms with Gasteiger partial charge in [0.2, 0.25) is 11.0 Å². The number of carbonyl (C=O) groups excluding carboxylic acids is 2. The summed E-state index contributed by atoms with van der Waals surface area (Å²) in [6, 6.07) is 7.84. The van der Waals surface area contributed by atoms with Gasteiger partial charge in [0.05, 0.1) is 12.5 Å². The van der Waals surface area contributed by atoms with Crippen molar-refractivity contribution in [1.82, 2.24) is 15.0 Å². The molecule has 2 N–H and O–H groups in total. The molecule has 1 atom stereocenters. The number of fused-ring (bicyclic) bond motifs is 1. The molecule has 1 unspecified atom stereocenters. The number of carbonyl (C=O) groups is 2. The Kier molecular flexibility index (Phi) is 6.04. The molecule has 10 nitrogen and oxygen atoms in total. The third-order valence-corrected chi connectivity index (χ3v) is 9.06. The van der Waals surface area contributed by atoms with Crippen molar-refractivity contribution in [2.75, 3.05) is 13.2 Å². The lowest BCUT2D eigenvalue weighted by Crippen LogP contribution is -2.55. The van der Waals surface area contributed by atoms with Gasteiger partial charge in [0.1, 0.15) is 5.52 Å². The zero-order chi connectivity index (χ0) is 25.8. The summed E-state index contributed by atoms with van der Waals surface area (Å²) in [6.07, 6.45) is 4.78. The topological polar surface area (TPSA) is 141 Å². The van der Waals surface area contributed by atoms with Gasteiger partial charge in [-0.2, -0.15) is 8.42 Å². The van der Waals surface area contributed by atoms with Crippen molar-refractivity contribution in [2.45, 2.75) is 55.6 Å². The fourth-order valence-corrected chi connectivity index (χ4v) is 6.88. The lowest BCUT2D eigenvalue weighted by molar-refractivity contribution is -0.127. The molecule has 2 saturated carbocycles. The van der Waals surface area contributed by atoms with Crippen molar-refractivity contribution in [3.63, 3.8) is 0 Å². The minimum Gasteiger partial charge on any atom is -0.440 e. The molecule has 3 heterocycles. The van der Waals surface area contributed by atoms with Crippen molar-refractivity contribution in [3.8, 4) is 0 Å². The quantitative estimate of drug-likeness (QED) is 0.475. The van der Waals surface area contributed by atoms with Gasteiger partial charge in [-0.05, 0) is 74.3 Å². The van der Waals surface area contributed by atoms with E-state index < -0.39 is 32.8 Å². The van der Waals surface area contributed by atoms with Crippen LogP contribution in [0.2, 0.25) is 5.02 Å². The van der Waals surface area contributed by atoms with Crippen LogP contribution >= 0.6 is 11.6 Å². The molecule has 1 saturated heterocycles. The van der Waals surface area contributed by atoms with Gasteiger partial charge in [-0.15, -0.1) is 0 Å². The number of sulfonamides is 1. The van der Waals surface area contributed by atoms with Crippen LogP contribution in [0.5, 0.6) is 0 Å². The number of furan rings is 1. The van der Waals surface area contributed by atoms with Crippen molar-refractivity contribution in [3.05, 3.63) is 47.0 Å². The zero-order valence-electron chi connectivity index (χ0n) is 19.9. The lowest BCUT2D eigenvalue weighted by Gasteiger charge is -2.57. The van der Waals surface area contributed by atoms with Crippen molar-refractivity contribution in [2.24, 2.45) is 11.3 Å². The molecule has 196 valence electrons. The van der Waals surface area contributed by atoms with Crippen LogP contribution in [-0.2, 0) is 19.6 Å². The van der Waals surface area contributed by atoms with E-state index in [1.54, 1.807) is 12.1 Å². The number of benzene rings is 1. The highest BCUT2D eigenvalue weighted by atomic mass is 35.5. The summed E-state index contributed by atoms with van der Waals surface area (Å²) in [5.41, 5.74) is 1.64. The Bertz CT molecular complexity index is 1460. The summed E-state index contributed by atoms with van der Waals surface area (Å²) >= 11 is 6.03. The fraction of sp³-hybridized carbons (Fsp3) is 0.480. The van der Waals surface area contributed by atoms with Crippen LogP contribution in [-0.4, -0.2) is 44.5 Å². The van der Waals surface area contributed by atoms with E-state index in [0.29, 0.717) is 24.5 Å². The Morgan fingerprint density at radius 2 is 1.89 bits per heavy atom. The largest absolute Gasteiger partial charge is 0.440 e. The fourth-order valence-electron chi connectivity index (χ4n) is 5.73. The van der Waals surface area contributed by atoms with Gasteiger partial charge < -0.3 is 18.9 Å². The molecule has 3 fully saturated rings. The standard InChI is InChI=1S/C25H26ClN3O7S/c26-16-3-4-19-18(8-16)28-24(36-19)15-9-25(10-15)11-17(12-25)27-23(31)20-5-6-21(35-20)37(32,33)29-22(30)14-2-1-7-34-13-14/h3-6,8,14-15,17H,1-2,7,9-13H2,(H,27,31)(H,29,30). The SMILES string of the molecule is O=C(NC1CC2(C1)CC(c1nc3cc(Cl)ccc3o1)C2)c1ccc(S(=O)(=O)NC(=O)C2CCCOC2)o1. The number of hydrogen-bond donors (Lipinski definition) is 2. The number of hydrogen-bond acceptors (Lipinski definition) is 8. The average molecular weight is 548 g/mol. The molecule has 3 aromatic rings. The molecule has 3 aliphatic rings. The molecular formula is C25H26ClN3O7S. The van der Waals surface area contributed by atoms with Crippen LogP contribution in [0, 0.1) is 11.3 Å². The van der Waals surface area contributed by atoms with Crippen molar-refractivity contribution in [1.29, 1.82) is 0 Å². The maximum atomic E-state index is 12.6. The van der Waals surface area contributed by atoms with E-state index in [2.05, 4.69) is 10.3 Å². The molecule has 37 heavy (non-hydrogen) atoms. The molecule has 12 heteroatoms. The predicted octanol–water partition coefficient (Wildman–Crippen LogP) is 3.76. The van der Waals surface area contributed by atoms with E-state index in [0.717, 1.165) is 42.7 Å². The summed E-state index contributed by atoms with van der Waals surface area (Å²) in [7, 11) is -4.22. The summed E-state index contributed by atoms with van der Waals surface area (Å²) in [4.78, 5) is 29.5. The molecule has 2 aliphatic carbocycles. The minimum absolute atomic E-state index is 0.0212. The van der Waals surface area contributed by atoms with E-state index in [1.165, 1.54) is 12.1 Å². The van der Waals surface area contributed by atoms with Crippen LogP contribution in [0.4, 0.5) is 0 Å². The van der Waals surface area contributed by atoms with E-state index in [1.807, 2.05) is 10.8 Å². The highest BCUT2D eigenvalue weighted by Crippen LogP contribution is 2.61. The maximum Gasteiger partial charge on any atom is 0.297 e. The highest BCUT2D eigenvalue weighted by molar-refractivity contribution is 7.89. The van der Waals surface area contributed by atoms with Crippen LogP contribution in [0.3, 0.4) is 0 Å². The Morgan fingerprint density at radius 1 is 1.08 bits per heavy atom. The number of rotatable bonds is 6. The maximum absolute atomic E-state index is 12.6. The molecule has 1 spiro atoms. The first-order chi connectivity index (χ1) is 17.7. The van der Waals surface area contributed by atoms with E-state index in [4.69, 9.17) is 25.2 Å². The van der Waals surface area contributed by atoms with E-state index >= 15 is 0 Å². The second-order valence-electron chi connectivity index (χ2n) is 10.4. The first kappa shape index (κ1) is 24.4. The Balaban J connectivity index is 1.00. The van der Waals surface area contributed by atoms with Crippen LogP contribution < -0.4 is 10.0 Å². The Labute approximate surface area is 218 Å². The van der Waals surface area contributed by atoms with Gasteiger partial charge in [-0.25, -0.2) is 9.71 Å². The van der Waals surface area contributed by atoms with E-state index in [9.17, 15) is 18.0 Å². The van der Waals surface area contributed by atoms with Gasteiger partial charge in [-0.1, -0.05) is 11.6 Å². The second-order valence-corrected chi connectivity index (χ2v) is 12.4. The molecule has 0 radical (unpaired) electrons. The number of amides is 2. The van der Waals surface area contributed by atoms with Crippen molar-refractivity contribution < 1.29 is 31.6 Å². The van der Waals surface area contributed by atoms with Crippen LogP contribution in [0.1, 0.15) is 60.9 Å². The summed E-state index contributed by atoms with van der Waals surface area (Å²) in [5.74, 6) is -0.799. The van der Waals surface area contributed by atoms with E-state index in [-0.39, 0.29) is 29.7 Å². The third kappa shape index (κ3) is 4.75. The summed E-state index contributed by atoms with van der Waals surface area (Å²) < 4.78 is 43.5. The molecular weight excluding hydrogens is 522 g/mol. The monoisotopic (exact) mass is 547 g/mol. The van der Waals surface area contributed by atoms with Crippen LogP contribution in [0.15, 0.2) is 44.3 Å². The average Bonchev–Trinajstić information content (AvgIpc) is 3.47. The van der Waals surface area contributed by atoms with Gasteiger partial charge >= 0.3 is 0 Å². The van der Waals surface area contributed by atoms with Gasteiger partial charge in [0.15, 0.2) is 17.2 Å². The summed E-state index contributed by atoms with van der Waals surface area (Å²) in [5, 5.41) is 3.05. The predicted molar refractivity (Wildman–Crippen MR) is 131 cm³/mol. The molecule has 1 aromatic carbocycles. The van der Waals surface area contributed by atoms with Gasteiger partial charge in [0.25, 0.3) is 15.9 Å². The third-order valence-electron chi connectivity index (χ3n) is 7.60. The summed E-state index contributed by atoms with van der Waals surface area (Å²) in [6.45, 7) is 0.741.